The quantitative estimate of drug-likeness (QED) is 0.794. The lowest BCUT2D eigenvalue weighted by atomic mass is 10.0. The fraction of sp³-hybridized carbons (Fsp3) is 0.0667. The van der Waals surface area contributed by atoms with Crippen molar-refractivity contribution in [2.24, 2.45) is 0 Å². The largest absolute Gasteiger partial charge is 0.573 e. The molecular weight excluding hydrogens is 295 g/mol. The second-order valence-corrected chi connectivity index (χ2v) is 4.50. The molecule has 3 aromatic rings. The van der Waals surface area contributed by atoms with Gasteiger partial charge in [-0.1, -0.05) is 36.4 Å². The highest BCUT2D eigenvalue weighted by Crippen LogP contribution is 2.27. The molecule has 0 aliphatic heterocycles. The Labute approximate surface area is 123 Å². The zero-order valence-electron chi connectivity index (χ0n) is 11.1. The maximum atomic E-state index is 12.1. The van der Waals surface area contributed by atoms with E-state index in [9.17, 15) is 13.2 Å². The van der Waals surface area contributed by atoms with Crippen molar-refractivity contribution in [3.8, 4) is 28.1 Å². The Hall–Kier alpha value is -2.83. The number of alkyl halides is 3. The summed E-state index contributed by atoms with van der Waals surface area (Å²) in [6.45, 7) is 0. The molecular formula is C15H10F3N3O. The van der Waals surface area contributed by atoms with Crippen LogP contribution in [0.25, 0.3) is 22.4 Å². The van der Waals surface area contributed by atoms with Crippen LogP contribution in [-0.4, -0.2) is 21.8 Å². The van der Waals surface area contributed by atoms with E-state index in [1.54, 1.807) is 18.3 Å². The smallest absolute Gasteiger partial charge is 0.406 e. The highest BCUT2D eigenvalue weighted by Gasteiger charge is 2.30. The third kappa shape index (κ3) is 3.25. The topological polar surface area (TPSA) is 50.8 Å². The molecule has 0 bridgehead atoms. The van der Waals surface area contributed by atoms with Gasteiger partial charge in [0.1, 0.15) is 11.4 Å². The first-order chi connectivity index (χ1) is 10.5. The van der Waals surface area contributed by atoms with Gasteiger partial charge in [-0.25, -0.2) is 0 Å². The maximum Gasteiger partial charge on any atom is 0.573 e. The van der Waals surface area contributed by atoms with Crippen LogP contribution in [0.2, 0.25) is 0 Å². The Kier molecular flexibility index (Phi) is 3.54. The van der Waals surface area contributed by atoms with Gasteiger partial charge in [-0.3, -0.25) is 0 Å². The molecule has 112 valence electrons. The average molecular weight is 305 g/mol. The maximum absolute atomic E-state index is 12.1. The van der Waals surface area contributed by atoms with Gasteiger partial charge in [0.25, 0.3) is 0 Å². The van der Waals surface area contributed by atoms with E-state index >= 15 is 0 Å². The number of aromatic nitrogens is 3. The number of hydrogen-bond acceptors (Lipinski definition) is 3. The van der Waals surface area contributed by atoms with Crippen LogP contribution in [0.1, 0.15) is 0 Å². The summed E-state index contributed by atoms with van der Waals surface area (Å²) >= 11 is 0. The van der Waals surface area contributed by atoms with Crippen LogP contribution in [0.3, 0.4) is 0 Å². The van der Waals surface area contributed by atoms with E-state index in [0.717, 1.165) is 22.4 Å². The van der Waals surface area contributed by atoms with Crippen LogP contribution < -0.4 is 4.74 Å². The molecule has 3 rings (SSSR count). The van der Waals surface area contributed by atoms with Gasteiger partial charge in [-0.2, -0.15) is 15.4 Å². The fourth-order valence-electron chi connectivity index (χ4n) is 2.02. The minimum atomic E-state index is -4.68. The predicted octanol–water partition coefficient (Wildman–Crippen LogP) is 4.04. The number of ether oxygens (including phenoxy) is 1. The van der Waals surface area contributed by atoms with Gasteiger partial charge in [0.15, 0.2) is 0 Å². The summed E-state index contributed by atoms with van der Waals surface area (Å²) in [4.78, 5) is 0. The molecule has 1 N–H and O–H groups in total. The molecule has 22 heavy (non-hydrogen) atoms. The molecule has 0 atom stereocenters. The molecule has 2 aromatic carbocycles. The summed E-state index contributed by atoms with van der Waals surface area (Å²) < 4.78 is 40.2. The normalized spacial score (nSPS) is 11.4. The molecule has 0 saturated carbocycles. The summed E-state index contributed by atoms with van der Waals surface area (Å²) in [6.07, 6.45) is -3.07. The first kappa shape index (κ1) is 14.1. The Morgan fingerprint density at radius 1 is 0.818 bits per heavy atom. The van der Waals surface area contributed by atoms with Gasteiger partial charge in [-0.05, 0) is 23.3 Å². The van der Waals surface area contributed by atoms with E-state index in [4.69, 9.17) is 0 Å². The number of H-pyrrole nitrogens is 1. The van der Waals surface area contributed by atoms with E-state index in [1.807, 2.05) is 24.3 Å². The van der Waals surface area contributed by atoms with Crippen molar-refractivity contribution < 1.29 is 17.9 Å². The highest BCUT2D eigenvalue weighted by molar-refractivity contribution is 5.68. The molecule has 0 aliphatic rings. The van der Waals surface area contributed by atoms with Crippen LogP contribution in [0.5, 0.6) is 5.75 Å². The molecule has 4 nitrogen and oxygen atoms in total. The van der Waals surface area contributed by atoms with E-state index in [2.05, 4.69) is 20.1 Å². The number of halogens is 3. The molecule has 0 saturated heterocycles. The minimum Gasteiger partial charge on any atom is -0.406 e. The van der Waals surface area contributed by atoms with Crippen LogP contribution in [0.15, 0.2) is 54.7 Å². The number of nitrogens with one attached hydrogen (secondary N) is 1. The molecule has 0 fully saturated rings. The second kappa shape index (κ2) is 5.51. The number of benzene rings is 2. The molecule has 0 amide bonds. The van der Waals surface area contributed by atoms with E-state index in [1.165, 1.54) is 12.1 Å². The molecule has 0 aliphatic carbocycles. The van der Waals surface area contributed by atoms with Crippen LogP contribution in [0, 0.1) is 0 Å². The predicted molar refractivity (Wildman–Crippen MR) is 73.9 cm³/mol. The zero-order chi connectivity index (χ0) is 15.6. The molecule has 0 unspecified atom stereocenters. The van der Waals surface area contributed by atoms with Gasteiger partial charge in [0.2, 0.25) is 0 Å². The first-order valence-corrected chi connectivity index (χ1v) is 6.34. The van der Waals surface area contributed by atoms with Gasteiger partial charge in [0, 0.05) is 5.56 Å². The van der Waals surface area contributed by atoms with Gasteiger partial charge >= 0.3 is 6.36 Å². The SMILES string of the molecule is FC(F)(F)Oc1ccc(-c2ccc(-c3cn[nH]n3)cc2)cc1. The zero-order valence-corrected chi connectivity index (χ0v) is 11.1. The number of rotatable bonds is 3. The summed E-state index contributed by atoms with van der Waals surface area (Å²) in [5, 5.41) is 10.2. The van der Waals surface area contributed by atoms with Crippen molar-refractivity contribution in [3.05, 3.63) is 54.7 Å². The number of nitrogens with zero attached hydrogens (tertiary/aromatic N) is 2. The molecule has 7 heteroatoms. The van der Waals surface area contributed by atoms with Gasteiger partial charge in [-0.15, -0.1) is 13.2 Å². The Morgan fingerprint density at radius 2 is 1.36 bits per heavy atom. The Balaban J connectivity index is 1.79. The lowest BCUT2D eigenvalue weighted by Gasteiger charge is -2.09. The third-order valence-corrected chi connectivity index (χ3v) is 3.02. The Morgan fingerprint density at radius 3 is 1.86 bits per heavy atom. The van der Waals surface area contributed by atoms with Crippen molar-refractivity contribution in [1.29, 1.82) is 0 Å². The standard InChI is InChI=1S/C15H10F3N3O/c16-15(17,18)22-13-7-5-11(6-8-13)10-1-3-12(4-2-10)14-9-19-21-20-14/h1-9H,(H,19,20,21). The van der Waals surface area contributed by atoms with E-state index in [-0.39, 0.29) is 5.75 Å². The molecule has 0 spiro atoms. The lowest BCUT2D eigenvalue weighted by Crippen LogP contribution is -2.16. The summed E-state index contributed by atoms with van der Waals surface area (Å²) in [5.41, 5.74) is 3.29. The number of hydrogen-bond donors (Lipinski definition) is 1. The van der Waals surface area contributed by atoms with Crippen molar-refractivity contribution in [2.75, 3.05) is 0 Å². The lowest BCUT2D eigenvalue weighted by molar-refractivity contribution is -0.274. The minimum absolute atomic E-state index is 0.240. The van der Waals surface area contributed by atoms with Crippen LogP contribution in [0.4, 0.5) is 13.2 Å². The second-order valence-electron chi connectivity index (χ2n) is 4.50. The average Bonchev–Trinajstić information content (AvgIpc) is 3.01. The van der Waals surface area contributed by atoms with Crippen molar-refractivity contribution >= 4 is 0 Å². The fourth-order valence-corrected chi connectivity index (χ4v) is 2.02. The summed E-state index contributed by atoms with van der Waals surface area (Å²) in [5.74, 6) is -0.240. The van der Waals surface area contributed by atoms with Crippen molar-refractivity contribution in [2.45, 2.75) is 6.36 Å². The van der Waals surface area contributed by atoms with Crippen molar-refractivity contribution in [1.82, 2.24) is 15.4 Å². The first-order valence-electron chi connectivity index (χ1n) is 6.34. The summed E-state index contributed by atoms with van der Waals surface area (Å²) in [6, 6.07) is 13.2. The highest BCUT2D eigenvalue weighted by atomic mass is 19.4. The van der Waals surface area contributed by atoms with Crippen LogP contribution >= 0.6 is 0 Å². The monoisotopic (exact) mass is 305 g/mol. The summed E-state index contributed by atoms with van der Waals surface area (Å²) in [7, 11) is 0. The van der Waals surface area contributed by atoms with Gasteiger partial charge < -0.3 is 4.74 Å². The van der Waals surface area contributed by atoms with E-state index in [0.29, 0.717) is 0 Å². The molecule has 1 heterocycles. The molecule has 1 aromatic heterocycles. The van der Waals surface area contributed by atoms with E-state index < -0.39 is 6.36 Å². The van der Waals surface area contributed by atoms with Crippen molar-refractivity contribution in [3.63, 3.8) is 0 Å². The number of aromatic amines is 1. The third-order valence-electron chi connectivity index (χ3n) is 3.02. The van der Waals surface area contributed by atoms with Gasteiger partial charge in [0.05, 0.1) is 6.20 Å². The van der Waals surface area contributed by atoms with Crippen LogP contribution in [-0.2, 0) is 0 Å². The molecule has 0 radical (unpaired) electrons. The Bertz CT molecular complexity index is 735.